The number of hydrogen-bond donors (Lipinski definition) is 4. The van der Waals surface area contributed by atoms with Gasteiger partial charge < -0.3 is 30.3 Å². The van der Waals surface area contributed by atoms with Crippen LogP contribution in [0.25, 0.3) is 11.1 Å². The Balaban J connectivity index is 1.38. The molecule has 0 unspecified atom stereocenters. The molecule has 1 saturated heterocycles. The Hall–Kier alpha value is -4.15. The van der Waals surface area contributed by atoms with Gasteiger partial charge in [0.15, 0.2) is 6.29 Å². The predicted octanol–water partition coefficient (Wildman–Crippen LogP) is 6.95. The minimum absolute atomic E-state index is 0.0179. The van der Waals surface area contributed by atoms with Crippen molar-refractivity contribution in [1.29, 1.82) is 0 Å². The van der Waals surface area contributed by atoms with E-state index in [-0.39, 0.29) is 36.3 Å². The van der Waals surface area contributed by atoms with Crippen molar-refractivity contribution in [3.8, 4) is 11.1 Å². The molecule has 4 N–H and O–H groups in total. The van der Waals surface area contributed by atoms with Crippen molar-refractivity contribution in [1.82, 2.24) is 10.6 Å². The highest BCUT2D eigenvalue weighted by Crippen LogP contribution is 2.43. The maximum absolute atomic E-state index is 11.9. The number of thioether (sulfide) groups is 1. The zero-order valence-corrected chi connectivity index (χ0v) is 26.1. The fraction of sp³-hybridized carbons (Fsp3) is 0.278. The Bertz CT molecular complexity index is 1590. The molecule has 1 heterocycles. The van der Waals surface area contributed by atoms with Gasteiger partial charge in [-0.2, -0.15) is 0 Å². The van der Waals surface area contributed by atoms with Crippen LogP contribution in [0.1, 0.15) is 58.9 Å². The van der Waals surface area contributed by atoms with Crippen LogP contribution in [0.5, 0.6) is 0 Å². The molecule has 8 nitrogen and oxygen atoms in total. The first-order chi connectivity index (χ1) is 21.8. The van der Waals surface area contributed by atoms with Crippen LogP contribution in [-0.4, -0.2) is 40.6 Å². The van der Waals surface area contributed by atoms with Gasteiger partial charge in [0.1, 0.15) is 0 Å². The Labute approximate surface area is 267 Å². The van der Waals surface area contributed by atoms with E-state index >= 15 is 0 Å². The van der Waals surface area contributed by atoms with Gasteiger partial charge in [-0.25, -0.2) is 9.59 Å². The van der Waals surface area contributed by atoms with Gasteiger partial charge in [-0.15, -0.1) is 11.8 Å². The van der Waals surface area contributed by atoms with Gasteiger partial charge in [0, 0.05) is 35.2 Å². The first-order valence-corrected chi connectivity index (χ1v) is 16.0. The summed E-state index contributed by atoms with van der Waals surface area (Å²) in [6, 6.07) is 30.7. The van der Waals surface area contributed by atoms with E-state index in [0.717, 1.165) is 38.3 Å². The number of benzene rings is 4. The van der Waals surface area contributed by atoms with E-state index in [1.54, 1.807) is 23.9 Å². The second-order valence-electron chi connectivity index (χ2n) is 11.0. The first kappa shape index (κ1) is 32.2. The van der Waals surface area contributed by atoms with Crippen LogP contribution >= 0.6 is 11.8 Å². The van der Waals surface area contributed by atoms with Crippen LogP contribution in [-0.2, 0) is 22.6 Å². The van der Waals surface area contributed by atoms with Crippen LogP contribution < -0.4 is 10.6 Å². The Morgan fingerprint density at radius 2 is 1.53 bits per heavy atom. The average Bonchev–Trinajstić information content (AvgIpc) is 3.07. The summed E-state index contributed by atoms with van der Waals surface area (Å²) in [5.74, 6) is -0.279. The van der Waals surface area contributed by atoms with Crippen LogP contribution in [0.3, 0.4) is 0 Å². The van der Waals surface area contributed by atoms with E-state index < -0.39 is 12.3 Å². The number of aliphatic hydroxyl groups excluding tert-OH is 1. The van der Waals surface area contributed by atoms with Crippen LogP contribution in [0.15, 0.2) is 102 Å². The smallest absolute Gasteiger partial charge is 0.335 e. The third kappa shape index (κ3) is 8.32. The van der Waals surface area contributed by atoms with Crippen molar-refractivity contribution in [3.05, 3.63) is 125 Å². The summed E-state index contributed by atoms with van der Waals surface area (Å²) in [6.45, 7) is 4.96. The molecule has 9 heteroatoms. The van der Waals surface area contributed by atoms with Crippen molar-refractivity contribution < 1.29 is 29.3 Å². The van der Waals surface area contributed by atoms with E-state index in [1.807, 2.05) is 79.7 Å². The molecule has 5 rings (SSSR count). The van der Waals surface area contributed by atoms with Gasteiger partial charge in [0.25, 0.3) is 0 Å². The number of nitrogens with one attached hydrogen (secondary N) is 2. The van der Waals surface area contributed by atoms with Crippen LogP contribution in [0.2, 0.25) is 0 Å². The highest BCUT2D eigenvalue weighted by molar-refractivity contribution is 7.99. The maximum atomic E-state index is 11.9. The lowest BCUT2D eigenvalue weighted by Crippen LogP contribution is -2.38. The van der Waals surface area contributed by atoms with Crippen molar-refractivity contribution in [2.24, 2.45) is 5.92 Å². The molecule has 1 fully saturated rings. The minimum atomic E-state index is -0.948. The summed E-state index contributed by atoms with van der Waals surface area (Å²) in [4.78, 5) is 24.1. The number of aromatic carboxylic acids is 1. The van der Waals surface area contributed by atoms with Crippen molar-refractivity contribution in [3.63, 3.8) is 0 Å². The number of carboxylic acids is 1. The molecule has 0 radical (unpaired) electrons. The minimum Gasteiger partial charge on any atom is -0.478 e. The summed E-state index contributed by atoms with van der Waals surface area (Å²) in [5.41, 5.74) is 6.01. The number of carboxylic acid groups (broad SMARTS) is 1. The lowest BCUT2D eigenvalue weighted by Gasteiger charge is -2.41. The second-order valence-corrected chi connectivity index (χ2v) is 12.1. The molecule has 0 saturated carbocycles. The molecule has 45 heavy (non-hydrogen) atoms. The lowest BCUT2D eigenvalue weighted by molar-refractivity contribution is -0.268. The SMILES string of the molecule is CCNC(=O)NCc1cccc(-c2cccc([C@@H]3O[C@H](CSc4ccc(C(=O)O)cc4)[C@H](C)[C@H](c4ccc(CO)cc4)O3)c2)c1. The third-order valence-corrected chi connectivity index (χ3v) is 8.95. The number of carbonyl (C=O) groups is 2. The van der Waals surface area contributed by atoms with E-state index in [4.69, 9.17) is 9.47 Å². The summed E-state index contributed by atoms with van der Waals surface area (Å²) >= 11 is 1.62. The number of aliphatic hydroxyl groups is 1. The second kappa shape index (κ2) is 15.2. The monoisotopic (exact) mass is 626 g/mol. The van der Waals surface area contributed by atoms with Crippen molar-refractivity contribution in [2.75, 3.05) is 12.3 Å². The number of amides is 2. The van der Waals surface area contributed by atoms with Gasteiger partial charge in [-0.3, -0.25) is 0 Å². The summed E-state index contributed by atoms with van der Waals surface area (Å²) in [5, 5.41) is 24.4. The van der Waals surface area contributed by atoms with Crippen molar-refractivity contribution >= 4 is 23.8 Å². The molecule has 4 aromatic rings. The van der Waals surface area contributed by atoms with Gasteiger partial charge in [-0.05, 0) is 71.1 Å². The zero-order chi connectivity index (χ0) is 31.8. The number of ether oxygens (including phenoxy) is 2. The highest BCUT2D eigenvalue weighted by Gasteiger charge is 2.38. The quantitative estimate of drug-likeness (QED) is 0.133. The Morgan fingerprint density at radius 1 is 0.822 bits per heavy atom. The molecule has 1 aliphatic rings. The third-order valence-electron chi connectivity index (χ3n) is 7.85. The van der Waals surface area contributed by atoms with E-state index in [1.165, 1.54) is 0 Å². The van der Waals surface area contributed by atoms with Gasteiger partial charge in [-0.1, -0.05) is 67.6 Å². The highest BCUT2D eigenvalue weighted by atomic mass is 32.2. The molecule has 234 valence electrons. The largest absolute Gasteiger partial charge is 0.478 e. The average molecular weight is 627 g/mol. The molecule has 4 atom stereocenters. The predicted molar refractivity (Wildman–Crippen MR) is 175 cm³/mol. The number of hydrogen-bond acceptors (Lipinski definition) is 6. The number of urea groups is 1. The first-order valence-electron chi connectivity index (χ1n) is 15.0. The van der Waals surface area contributed by atoms with E-state index in [2.05, 4.69) is 29.7 Å². The van der Waals surface area contributed by atoms with Gasteiger partial charge in [0.2, 0.25) is 0 Å². The molecule has 2 amide bonds. The van der Waals surface area contributed by atoms with Crippen molar-refractivity contribution in [2.45, 2.75) is 50.4 Å². The maximum Gasteiger partial charge on any atom is 0.335 e. The normalized spacial score (nSPS) is 19.5. The molecule has 4 aromatic carbocycles. The molecule has 0 aliphatic carbocycles. The molecule has 0 bridgehead atoms. The van der Waals surface area contributed by atoms with Crippen LogP contribution in [0, 0.1) is 5.92 Å². The lowest BCUT2D eigenvalue weighted by atomic mass is 9.91. The topological polar surface area (TPSA) is 117 Å². The van der Waals surface area contributed by atoms with Gasteiger partial charge >= 0.3 is 12.0 Å². The summed E-state index contributed by atoms with van der Waals surface area (Å²) in [6.07, 6.45) is -1.03. The molecule has 1 aliphatic heterocycles. The molecule has 0 spiro atoms. The fourth-order valence-corrected chi connectivity index (χ4v) is 6.38. The molecule has 0 aromatic heterocycles. The Kier molecular flexibility index (Phi) is 10.9. The molecular weight excluding hydrogens is 588 g/mol. The van der Waals surface area contributed by atoms with Gasteiger partial charge in [0.05, 0.1) is 24.4 Å². The van der Waals surface area contributed by atoms with E-state index in [0.29, 0.717) is 18.8 Å². The summed E-state index contributed by atoms with van der Waals surface area (Å²) in [7, 11) is 0. The standard InChI is InChI=1S/C36H38N2O6S/c1-3-37-36(42)38-20-25-6-4-7-28(18-25)29-8-5-9-30(19-29)35-43-32(22-45-31-16-14-27(15-17-31)34(40)41)23(2)33(44-35)26-12-10-24(21-39)11-13-26/h4-19,23,32-33,35,39H,3,20-22H2,1-2H3,(H,40,41)(H2,37,38,42)/t23-,32+,33+,35+/m0/s1. The number of rotatable bonds is 11. The van der Waals surface area contributed by atoms with E-state index in [9.17, 15) is 19.8 Å². The summed E-state index contributed by atoms with van der Waals surface area (Å²) < 4.78 is 13.3. The zero-order valence-electron chi connectivity index (χ0n) is 25.3. The fourth-order valence-electron chi connectivity index (χ4n) is 5.31. The molecular formula is C36H38N2O6S. The Morgan fingerprint density at radius 3 is 2.22 bits per heavy atom. The van der Waals surface area contributed by atoms with Crippen LogP contribution in [0.4, 0.5) is 4.79 Å². The number of carbonyl (C=O) groups excluding carboxylic acids is 1.